The number of aryl methyl sites for hydroxylation is 1. The van der Waals surface area contributed by atoms with E-state index in [2.05, 4.69) is 15.3 Å². The Kier molecular flexibility index (Phi) is 3.24. The van der Waals surface area contributed by atoms with Crippen LogP contribution in [0.3, 0.4) is 0 Å². The molecule has 98 valence electrons. The lowest BCUT2D eigenvalue weighted by molar-refractivity contribution is 0.288. The minimum absolute atomic E-state index is 0.180. The van der Waals surface area contributed by atoms with Crippen LogP contribution in [0.2, 0.25) is 0 Å². The first kappa shape index (κ1) is 11.9. The SMILES string of the molecule is OCCCc1cn(Cc2cn3ccccc3n2)nn1. The molecular weight excluding hydrogens is 242 g/mol. The highest BCUT2D eigenvalue weighted by Crippen LogP contribution is 2.06. The van der Waals surface area contributed by atoms with E-state index in [1.54, 1.807) is 4.68 Å². The van der Waals surface area contributed by atoms with Gasteiger partial charge in [0.2, 0.25) is 0 Å². The Morgan fingerprint density at radius 1 is 1.16 bits per heavy atom. The zero-order chi connectivity index (χ0) is 13.1. The van der Waals surface area contributed by atoms with Crippen LogP contribution in [0.5, 0.6) is 0 Å². The maximum absolute atomic E-state index is 8.78. The highest BCUT2D eigenvalue weighted by molar-refractivity contribution is 5.39. The fourth-order valence-electron chi connectivity index (χ4n) is 2.02. The third-order valence-electron chi connectivity index (χ3n) is 2.92. The van der Waals surface area contributed by atoms with E-state index in [4.69, 9.17) is 5.11 Å². The van der Waals surface area contributed by atoms with Crippen LogP contribution in [-0.4, -0.2) is 36.1 Å². The maximum atomic E-state index is 8.78. The topological polar surface area (TPSA) is 68.2 Å². The Morgan fingerprint density at radius 3 is 2.95 bits per heavy atom. The number of aliphatic hydroxyl groups excluding tert-OH is 1. The lowest BCUT2D eigenvalue weighted by atomic mass is 10.3. The molecule has 0 bridgehead atoms. The third kappa shape index (κ3) is 2.63. The van der Waals surface area contributed by atoms with Gasteiger partial charge < -0.3 is 9.51 Å². The van der Waals surface area contributed by atoms with Gasteiger partial charge in [0.05, 0.1) is 17.9 Å². The standard InChI is InChI=1S/C13H15N5O/c19-7-3-4-11-9-18(16-15-11)10-12-8-17-6-2-1-5-13(17)14-12/h1-2,5-6,8-9,19H,3-4,7,10H2. The summed E-state index contributed by atoms with van der Waals surface area (Å²) in [4.78, 5) is 4.51. The first-order valence-corrected chi connectivity index (χ1v) is 6.27. The second-order valence-corrected chi connectivity index (χ2v) is 4.43. The molecule has 0 radical (unpaired) electrons. The second-order valence-electron chi connectivity index (χ2n) is 4.43. The Labute approximate surface area is 110 Å². The number of pyridine rings is 1. The Bertz CT molecular complexity index is 639. The second kappa shape index (κ2) is 5.19. The van der Waals surface area contributed by atoms with E-state index in [0.717, 1.165) is 23.5 Å². The summed E-state index contributed by atoms with van der Waals surface area (Å²) >= 11 is 0. The number of aliphatic hydroxyl groups is 1. The minimum atomic E-state index is 0.180. The predicted molar refractivity (Wildman–Crippen MR) is 69.7 cm³/mol. The van der Waals surface area contributed by atoms with E-state index in [1.165, 1.54) is 0 Å². The summed E-state index contributed by atoms with van der Waals surface area (Å²) in [7, 11) is 0. The van der Waals surface area contributed by atoms with Crippen molar-refractivity contribution in [3.8, 4) is 0 Å². The van der Waals surface area contributed by atoms with E-state index < -0.39 is 0 Å². The number of fused-ring (bicyclic) bond motifs is 1. The van der Waals surface area contributed by atoms with Gasteiger partial charge in [-0.1, -0.05) is 11.3 Å². The van der Waals surface area contributed by atoms with E-state index >= 15 is 0 Å². The summed E-state index contributed by atoms with van der Waals surface area (Å²) in [6.45, 7) is 0.785. The summed E-state index contributed by atoms with van der Waals surface area (Å²) in [6, 6.07) is 5.91. The molecule has 0 saturated carbocycles. The first-order chi connectivity index (χ1) is 9.35. The summed E-state index contributed by atoms with van der Waals surface area (Å²) in [5.74, 6) is 0. The Balaban J connectivity index is 1.75. The molecule has 0 fully saturated rings. The van der Waals surface area contributed by atoms with Crippen molar-refractivity contribution in [2.75, 3.05) is 6.61 Å². The molecule has 0 aliphatic carbocycles. The molecule has 3 aromatic rings. The Morgan fingerprint density at radius 2 is 2.11 bits per heavy atom. The summed E-state index contributed by atoms with van der Waals surface area (Å²) in [5.41, 5.74) is 2.78. The molecule has 0 aliphatic rings. The molecular formula is C13H15N5O. The third-order valence-corrected chi connectivity index (χ3v) is 2.92. The monoisotopic (exact) mass is 257 g/mol. The summed E-state index contributed by atoms with van der Waals surface area (Å²) in [5, 5.41) is 16.9. The van der Waals surface area contributed by atoms with E-state index in [9.17, 15) is 0 Å². The van der Waals surface area contributed by atoms with Gasteiger partial charge >= 0.3 is 0 Å². The van der Waals surface area contributed by atoms with Gasteiger partial charge in [0.15, 0.2) is 0 Å². The molecule has 0 spiro atoms. The van der Waals surface area contributed by atoms with Gasteiger partial charge in [-0.25, -0.2) is 9.67 Å². The molecule has 0 aromatic carbocycles. The van der Waals surface area contributed by atoms with Gasteiger partial charge in [-0.15, -0.1) is 5.10 Å². The van der Waals surface area contributed by atoms with Crippen molar-refractivity contribution < 1.29 is 5.11 Å². The average Bonchev–Trinajstić information content (AvgIpc) is 3.02. The van der Waals surface area contributed by atoms with E-state index in [1.807, 2.05) is 41.2 Å². The normalized spacial score (nSPS) is 11.2. The lowest BCUT2D eigenvalue weighted by Gasteiger charge is -1.94. The van der Waals surface area contributed by atoms with Crippen LogP contribution in [0, 0.1) is 0 Å². The quantitative estimate of drug-likeness (QED) is 0.737. The zero-order valence-electron chi connectivity index (χ0n) is 10.5. The van der Waals surface area contributed by atoms with Crippen LogP contribution in [0.1, 0.15) is 17.8 Å². The molecule has 6 nitrogen and oxygen atoms in total. The van der Waals surface area contributed by atoms with Gasteiger partial charge in [0, 0.05) is 25.2 Å². The highest BCUT2D eigenvalue weighted by Gasteiger charge is 2.04. The van der Waals surface area contributed by atoms with Gasteiger partial charge in [-0.05, 0) is 25.0 Å². The molecule has 0 aliphatic heterocycles. The van der Waals surface area contributed by atoms with Crippen molar-refractivity contribution in [2.24, 2.45) is 0 Å². The fourth-order valence-corrected chi connectivity index (χ4v) is 2.02. The average molecular weight is 257 g/mol. The molecule has 0 amide bonds. The molecule has 0 saturated heterocycles. The number of aromatic nitrogens is 5. The minimum Gasteiger partial charge on any atom is -0.396 e. The van der Waals surface area contributed by atoms with Gasteiger partial charge in [0.25, 0.3) is 0 Å². The summed E-state index contributed by atoms with van der Waals surface area (Å²) < 4.78 is 3.76. The number of hydrogen-bond acceptors (Lipinski definition) is 4. The van der Waals surface area contributed by atoms with Crippen molar-refractivity contribution >= 4 is 5.65 Å². The van der Waals surface area contributed by atoms with Crippen LogP contribution in [0.25, 0.3) is 5.65 Å². The van der Waals surface area contributed by atoms with Crippen LogP contribution in [0.15, 0.2) is 36.8 Å². The molecule has 3 rings (SSSR count). The number of nitrogens with zero attached hydrogens (tertiary/aromatic N) is 5. The van der Waals surface area contributed by atoms with E-state index in [-0.39, 0.29) is 6.61 Å². The van der Waals surface area contributed by atoms with Crippen molar-refractivity contribution in [3.05, 3.63) is 48.2 Å². The van der Waals surface area contributed by atoms with Crippen molar-refractivity contribution in [2.45, 2.75) is 19.4 Å². The molecule has 3 aromatic heterocycles. The van der Waals surface area contributed by atoms with Crippen molar-refractivity contribution in [1.82, 2.24) is 24.4 Å². The van der Waals surface area contributed by atoms with Gasteiger partial charge in [-0.2, -0.15) is 0 Å². The fraction of sp³-hybridized carbons (Fsp3) is 0.308. The van der Waals surface area contributed by atoms with Crippen LogP contribution < -0.4 is 0 Å². The smallest absolute Gasteiger partial charge is 0.137 e. The van der Waals surface area contributed by atoms with Gasteiger partial charge in [-0.3, -0.25) is 0 Å². The largest absolute Gasteiger partial charge is 0.396 e. The number of hydrogen-bond donors (Lipinski definition) is 1. The first-order valence-electron chi connectivity index (χ1n) is 6.27. The molecule has 19 heavy (non-hydrogen) atoms. The molecule has 0 unspecified atom stereocenters. The number of rotatable bonds is 5. The van der Waals surface area contributed by atoms with Crippen molar-refractivity contribution in [3.63, 3.8) is 0 Å². The Hall–Kier alpha value is -2.21. The number of imidazole rings is 1. The van der Waals surface area contributed by atoms with Crippen LogP contribution in [-0.2, 0) is 13.0 Å². The molecule has 1 N–H and O–H groups in total. The van der Waals surface area contributed by atoms with Crippen molar-refractivity contribution in [1.29, 1.82) is 0 Å². The lowest BCUT2D eigenvalue weighted by Crippen LogP contribution is -2.00. The van der Waals surface area contributed by atoms with Crippen LogP contribution in [0.4, 0.5) is 0 Å². The molecule has 3 heterocycles. The molecule has 6 heteroatoms. The van der Waals surface area contributed by atoms with Gasteiger partial charge in [0.1, 0.15) is 5.65 Å². The van der Waals surface area contributed by atoms with Crippen LogP contribution >= 0.6 is 0 Å². The van der Waals surface area contributed by atoms with E-state index in [0.29, 0.717) is 13.0 Å². The predicted octanol–water partition coefficient (Wildman–Crippen LogP) is 0.899. The maximum Gasteiger partial charge on any atom is 0.137 e. The highest BCUT2D eigenvalue weighted by atomic mass is 16.2. The summed E-state index contributed by atoms with van der Waals surface area (Å²) in [6.07, 6.45) is 7.33. The molecule has 0 atom stereocenters. The zero-order valence-corrected chi connectivity index (χ0v) is 10.5.